The van der Waals surface area contributed by atoms with Crippen molar-refractivity contribution in [3.8, 4) is 0 Å². The van der Waals surface area contributed by atoms with Crippen molar-refractivity contribution in [3.63, 3.8) is 0 Å². The van der Waals surface area contributed by atoms with Gasteiger partial charge in [0, 0.05) is 25.7 Å². The third-order valence-electron chi connectivity index (χ3n) is 3.97. The van der Waals surface area contributed by atoms with Gasteiger partial charge in [0.05, 0.1) is 17.9 Å². The average molecular weight is 278 g/mol. The van der Waals surface area contributed by atoms with Gasteiger partial charge in [0.15, 0.2) is 0 Å². The van der Waals surface area contributed by atoms with Crippen LogP contribution in [0.1, 0.15) is 32.3 Å². The van der Waals surface area contributed by atoms with Crippen molar-refractivity contribution in [3.05, 3.63) is 29.6 Å². The monoisotopic (exact) mass is 278 g/mol. The largest absolute Gasteiger partial charge is 0.372 e. The number of benzene rings is 1. The lowest BCUT2D eigenvalue weighted by Gasteiger charge is -2.40. The van der Waals surface area contributed by atoms with Crippen molar-refractivity contribution in [2.45, 2.75) is 44.9 Å². The maximum absolute atomic E-state index is 14.3. The van der Waals surface area contributed by atoms with E-state index in [0.29, 0.717) is 12.6 Å². The van der Waals surface area contributed by atoms with Crippen molar-refractivity contribution in [2.24, 2.45) is 0 Å². The van der Waals surface area contributed by atoms with Gasteiger partial charge in [-0.2, -0.15) is 0 Å². The fourth-order valence-corrected chi connectivity index (χ4v) is 2.81. The molecule has 1 aliphatic carbocycles. The molecule has 110 valence electrons. The molecule has 0 atom stereocenters. The fraction of sp³-hybridized carbons (Fsp3) is 0.625. The van der Waals surface area contributed by atoms with Crippen LogP contribution < -0.4 is 10.2 Å². The first-order valence-corrected chi connectivity index (χ1v) is 7.45. The van der Waals surface area contributed by atoms with Crippen molar-refractivity contribution >= 4 is 5.69 Å². The molecule has 0 spiro atoms. The molecule has 1 heterocycles. The molecule has 0 unspecified atom stereocenters. The zero-order chi connectivity index (χ0) is 14.2. The summed E-state index contributed by atoms with van der Waals surface area (Å²) >= 11 is 0. The van der Waals surface area contributed by atoms with Gasteiger partial charge >= 0.3 is 0 Å². The standard InChI is InChI=1S/C16H23FN2O/c1-16(2)11-19(8-9-20-16)15-12(4-3-5-14(15)17)10-18-13-6-7-13/h3-5,13,18H,6-11H2,1-2H3. The molecule has 1 aliphatic heterocycles. The lowest BCUT2D eigenvalue weighted by Crippen LogP contribution is -2.49. The van der Waals surface area contributed by atoms with Crippen LogP contribution >= 0.6 is 0 Å². The second kappa shape index (κ2) is 5.34. The molecule has 0 aromatic heterocycles. The maximum atomic E-state index is 14.3. The van der Waals surface area contributed by atoms with E-state index in [9.17, 15) is 4.39 Å². The van der Waals surface area contributed by atoms with Crippen LogP contribution in [-0.2, 0) is 11.3 Å². The van der Waals surface area contributed by atoms with Gasteiger partial charge in [-0.3, -0.25) is 0 Å². The topological polar surface area (TPSA) is 24.5 Å². The number of hydrogen-bond acceptors (Lipinski definition) is 3. The molecular weight excluding hydrogens is 255 g/mol. The second-order valence-corrected chi connectivity index (χ2v) is 6.43. The highest BCUT2D eigenvalue weighted by molar-refractivity contribution is 5.55. The molecule has 1 saturated carbocycles. The van der Waals surface area contributed by atoms with Crippen LogP contribution in [0.2, 0.25) is 0 Å². The number of rotatable bonds is 4. The van der Waals surface area contributed by atoms with Gasteiger partial charge in [-0.25, -0.2) is 4.39 Å². The lowest BCUT2D eigenvalue weighted by molar-refractivity contribution is -0.0278. The van der Waals surface area contributed by atoms with E-state index in [1.165, 1.54) is 12.8 Å². The minimum atomic E-state index is -0.221. The number of hydrogen-bond donors (Lipinski definition) is 1. The summed E-state index contributed by atoms with van der Waals surface area (Å²) < 4.78 is 20.0. The van der Waals surface area contributed by atoms with Crippen LogP contribution in [0.5, 0.6) is 0 Å². The highest BCUT2D eigenvalue weighted by Crippen LogP contribution is 2.30. The maximum Gasteiger partial charge on any atom is 0.146 e. The summed E-state index contributed by atoms with van der Waals surface area (Å²) in [4.78, 5) is 2.13. The Kier molecular flexibility index (Phi) is 3.69. The normalized spacial score (nSPS) is 22.1. The molecule has 3 nitrogen and oxygen atoms in total. The van der Waals surface area contributed by atoms with E-state index in [-0.39, 0.29) is 11.4 Å². The Bertz CT molecular complexity index is 485. The number of anilines is 1. The summed E-state index contributed by atoms with van der Waals surface area (Å²) in [5.74, 6) is -0.127. The van der Waals surface area contributed by atoms with Crippen LogP contribution in [0, 0.1) is 5.82 Å². The molecule has 20 heavy (non-hydrogen) atoms. The number of nitrogens with zero attached hydrogens (tertiary/aromatic N) is 1. The van der Waals surface area contributed by atoms with E-state index in [0.717, 1.165) is 30.9 Å². The summed E-state index contributed by atoms with van der Waals surface area (Å²) in [6.45, 7) is 6.99. The molecule has 3 rings (SSSR count). The Morgan fingerprint density at radius 2 is 2.20 bits per heavy atom. The van der Waals surface area contributed by atoms with E-state index in [4.69, 9.17) is 4.74 Å². The van der Waals surface area contributed by atoms with Gasteiger partial charge in [0.2, 0.25) is 0 Å². The van der Waals surface area contributed by atoms with Gasteiger partial charge < -0.3 is 15.0 Å². The van der Waals surface area contributed by atoms with Crippen molar-refractivity contribution in [2.75, 3.05) is 24.6 Å². The first-order chi connectivity index (χ1) is 9.55. The predicted octanol–water partition coefficient (Wildman–Crippen LogP) is 2.69. The van der Waals surface area contributed by atoms with Crippen LogP contribution in [0.3, 0.4) is 0 Å². The fourth-order valence-electron chi connectivity index (χ4n) is 2.81. The van der Waals surface area contributed by atoms with E-state index in [2.05, 4.69) is 24.1 Å². The second-order valence-electron chi connectivity index (χ2n) is 6.43. The van der Waals surface area contributed by atoms with Crippen molar-refractivity contribution in [1.82, 2.24) is 5.32 Å². The first-order valence-electron chi connectivity index (χ1n) is 7.45. The van der Waals surface area contributed by atoms with Gasteiger partial charge in [0.25, 0.3) is 0 Å². The molecule has 0 amide bonds. The minimum absolute atomic E-state index is 0.127. The molecule has 1 aromatic carbocycles. The zero-order valence-electron chi connectivity index (χ0n) is 12.3. The van der Waals surface area contributed by atoms with Gasteiger partial charge in [-0.15, -0.1) is 0 Å². The van der Waals surface area contributed by atoms with Crippen LogP contribution in [-0.4, -0.2) is 31.3 Å². The summed E-state index contributed by atoms with van der Waals surface area (Å²) in [6, 6.07) is 6.01. The Labute approximate surface area is 120 Å². The number of ether oxygens (including phenoxy) is 1. The molecule has 1 aromatic rings. The van der Waals surface area contributed by atoms with E-state index < -0.39 is 0 Å². The molecule has 0 radical (unpaired) electrons. The quantitative estimate of drug-likeness (QED) is 0.916. The Hall–Kier alpha value is -1.13. The zero-order valence-corrected chi connectivity index (χ0v) is 12.3. The summed E-state index contributed by atoms with van der Waals surface area (Å²) in [5, 5.41) is 3.48. The van der Waals surface area contributed by atoms with Crippen molar-refractivity contribution in [1.29, 1.82) is 0 Å². The molecule has 1 N–H and O–H groups in total. The highest BCUT2D eigenvalue weighted by Gasteiger charge is 2.30. The van der Waals surface area contributed by atoms with Crippen LogP contribution in [0.4, 0.5) is 10.1 Å². The highest BCUT2D eigenvalue weighted by atomic mass is 19.1. The smallest absolute Gasteiger partial charge is 0.146 e. The van der Waals surface area contributed by atoms with E-state index in [1.807, 2.05) is 6.07 Å². The molecule has 2 fully saturated rings. The van der Waals surface area contributed by atoms with Crippen LogP contribution in [0.15, 0.2) is 18.2 Å². The molecule has 1 saturated heterocycles. The van der Waals surface area contributed by atoms with Crippen molar-refractivity contribution < 1.29 is 9.13 Å². The summed E-state index contributed by atoms with van der Waals surface area (Å²) in [6.07, 6.45) is 2.49. The number of para-hydroxylation sites is 1. The van der Waals surface area contributed by atoms with Gasteiger partial charge in [0.1, 0.15) is 5.82 Å². The number of morpholine rings is 1. The predicted molar refractivity (Wildman–Crippen MR) is 78.5 cm³/mol. The number of halogens is 1. The van der Waals surface area contributed by atoms with E-state index >= 15 is 0 Å². The Morgan fingerprint density at radius 3 is 2.90 bits per heavy atom. The Balaban J connectivity index is 1.82. The third kappa shape index (κ3) is 3.13. The van der Waals surface area contributed by atoms with E-state index in [1.54, 1.807) is 12.1 Å². The lowest BCUT2D eigenvalue weighted by atomic mass is 10.0. The Morgan fingerprint density at radius 1 is 1.40 bits per heavy atom. The van der Waals surface area contributed by atoms with Crippen LogP contribution in [0.25, 0.3) is 0 Å². The average Bonchev–Trinajstić information content (AvgIpc) is 3.19. The first kappa shape index (κ1) is 13.8. The summed E-state index contributed by atoms with van der Waals surface area (Å²) in [7, 11) is 0. The molecular formula is C16H23FN2O. The SMILES string of the molecule is CC1(C)CN(c2c(F)cccc2CNC2CC2)CCO1. The molecule has 2 aliphatic rings. The summed E-state index contributed by atoms with van der Waals surface area (Å²) in [5.41, 5.74) is 1.58. The minimum Gasteiger partial charge on any atom is -0.372 e. The third-order valence-corrected chi connectivity index (χ3v) is 3.97. The number of nitrogens with one attached hydrogen (secondary N) is 1. The molecule has 0 bridgehead atoms. The van der Waals surface area contributed by atoms with Gasteiger partial charge in [-0.05, 0) is 38.3 Å². The van der Waals surface area contributed by atoms with Gasteiger partial charge in [-0.1, -0.05) is 12.1 Å². The molecule has 4 heteroatoms.